The van der Waals surface area contributed by atoms with Gasteiger partial charge in [0.05, 0.1) is 12.4 Å². The molecule has 3 N–H and O–H groups in total. The average Bonchev–Trinajstić information content (AvgIpc) is 2.87. The van der Waals surface area contributed by atoms with E-state index in [0.717, 1.165) is 0 Å². The van der Waals surface area contributed by atoms with E-state index in [-0.39, 0.29) is 31.3 Å². The Hall–Kier alpha value is -2.08. The number of amides is 2. The fourth-order valence-electron chi connectivity index (χ4n) is 1.25. The van der Waals surface area contributed by atoms with Crippen molar-refractivity contribution in [2.24, 2.45) is 0 Å². The van der Waals surface area contributed by atoms with Crippen LogP contribution >= 0.6 is 0 Å². The van der Waals surface area contributed by atoms with Gasteiger partial charge in [-0.3, -0.25) is 9.59 Å². The number of hydrogen-bond donors (Lipinski definition) is 3. The molecule has 1 heterocycles. The number of aliphatic hydroxyl groups excluding tert-OH is 1. The second-order valence-electron chi connectivity index (χ2n) is 4.04. The quantitative estimate of drug-likeness (QED) is 0.619. The largest absolute Gasteiger partial charge is 0.465 e. The summed E-state index contributed by atoms with van der Waals surface area (Å²) in [5.41, 5.74) is 0. The highest BCUT2D eigenvalue weighted by molar-refractivity contribution is 5.91. The molecule has 0 aliphatic rings. The number of carbonyl (C=O) groups is 2. The lowest BCUT2D eigenvalue weighted by Gasteiger charge is -2.07. The Morgan fingerprint density at radius 3 is 2.89 bits per heavy atom. The molecule has 0 aliphatic carbocycles. The summed E-state index contributed by atoms with van der Waals surface area (Å²) in [5.74, 6) is 0.0840. The van der Waals surface area contributed by atoms with E-state index in [1.165, 1.54) is 12.3 Å². The molecule has 1 rings (SSSR count). The highest BCUT2D eigenvalue weighted by atomic mass is 16.3. The van der Waals surface area contributed by atoms with Crippen LogP contribution in [0, 0.1) is 0 Å². The van der Waals surface area contributed by atoms with Crippen LogP contribution in [0.1, 0.15) is 19.1 Å². The van der Waals surface area contributed by atoms with Crippen molar-refractivity contribution in [2.45, 2.75) is 19.4 Å². The summed E-state index contributed by atoms with van der Waals surface area (Å²) in [7, 11) is 0. The third-order valence-electron chi connectivity index (χ3n) is 2.19. The maximum Gasteiger partial charge on any atom is 0.244 e. The van der Waals surface area contributed by atoms with Crippen molar-refractivity contribution in [1.29, 1.82) is 0 Å². The van der Waals surface area contributed by atoms with E-state index in [1.807, 2.05) is 0 Å². The zero-order valence-electron chi connectivity index (χ0n) is 10.8. The van der Waals surface area contributed by atoms with E-state index in [4.69, 9.17) is 9.52 Å². The summed E-state index contributed by atoms with van der Waals surface area (Å²) in [6.07, 6.45) is 4.00. The lowest BCUT2D eigenvalue weighted by Crippen LogP contribution is -2.33. The van der Waals surface area contributed by atoms with Crippen LogP contribution in [-0.4, -0.2) is 36.1 Å². The first-order valence-corrected chi connectivity index (χ1v) is 6.02. The highest BCUT2D eigenvalue weighted by Gasteiger charge is 2.03. The van der Waals surface area contributed by atoms with Crippen molar-refractivity contribution >= 4 is 17.9 Å². The van der Waals surface area contributed by atoms with Gasteiger partial charge >= 0.3 is 0 Å². The van der Waals surface area contributed by atoms with Gasteiger partial charge in [0.2, 0.25) is 11.8 Å². The molecule has 0 spiro atoms. The standard InChI is InChI=1S/C13H18N2O4/c1-10(16)9-15-13(18)6-7-14-12(17)5-4-11-3-2-8-19-11/h2-5,8,10,16H,6-7,9H2,1H3,(H,14,17)(H,15,18)/b5-4+. The highest BCUT2D eigenvalue weighted by Crippen LogP contribution is 2.01. The molecule has 0 saturated carbocycles. The lowest BCUT2D eigenvalue weighted by atomic mass is 10.3. The molecule has 2 amide bonds. The van der Waals surface area contributed by atoms with Gasteiger partial charge in [-0.05, 0) is 25.1 Å². The number of carbonyl (C=O) groups excluding carboxylic acids is 2. The van der Waals surface area contributed by atoms with Crippen LogP contribution in [0.3, 0.4) is 0 Å². The van der Waals surface area contributed by atoms with Crippen LogP contribution in [0.4, 0.5) is 0 Å². The smallest absolute Gasteiger partial charge is 0.244 e. The zero-order valence-corrected chi connectivity index (χ0v) is 10.8. The summed E-state index contributed by atoms with van der Waals surface area (Å²) >= 11 is 0. The third-order valence-corrected chi connectivity index (χ3v) is 2.19. The van der Waals surface area contributed by atoms with Gasteiger partial charge in [0.1, 0.15) is 5.76 Å². The van der Waals surface area contributed by atoms with Crippen molar-refractivity contribution in [1.82, 2.24) is 10.6 Å². The Labute approximate surface area is 111 Å². The first-order valence-electron chi connectivity index (χ1n) is 6.02. The van der Waals surface area contributed by atoms with Gasteiger partial charge in [0.15, 0.2) is 0 Å². The first kappa shape index (κ1) is 15.0. The molecule has 1 aromatic heterocycles. The number of aliphatic hydroxyl groups is 1. The second kappa shape index (κ2) is 8.10. The minimum absolute atomic E-state index is 0.174. The summed E-state index contributed by atoms with van der Waals surface area (Å²) in [5, 5.41) is 14.1. The Balaban J connectivity index is 2.15. The van der Waals surface area contributed by atoms with Crippen molar-refractivity contribution in [3.8, 4) is 0 Å². The van der Waals surface area contributed by atoms with Gasteiger partial charge in [-0.1, -0.05) is 0 Å². The van der Waals surface area contributed by atoms with Gasteiger partial charge in [0, 0.05) is 25.6 Å². The molecule has 1 aromatic rings. The molecule has 0 aromatic carbocycles. The molecule has 1 atom stereocenters. The summed E-state index contributed by atoms with van der Waals surface area (Å²) < 4.78 is 5.03. The fraction of sp³-hybridized carbons (Fsp3) is 0.385. The Kier molecular flexibility index (Phi) is 6.38. The zero-order chi connectivity index (χ0) is 14.1. The van der Waals surface area contributed by atoms with Crippen LogP contribution < -0.4 is 10.6 Å². The number of nitrogens with one attached hydrogen (secondary N) is 2. The van der Waals surface area contributed by atoms with Crippen molar-refractivity contribution < 1.29 is 19.1 Å². The Morgan fingerprint density at radius 2 is 2.26 bits per heavy atom. The summed E-state index contributed by atoms with van der Waals surface area (Å²) in [4.78, 5) is 22.6. The summed E-state index contributed by atoms with van der Waals surface area (Å²) in [6, 6.07) is 3.46. The molecule has 0 radical (unpaired) electrons. The average molecular weight is 266 g/mol. The van der Waals surface area contributed by atoms with Crippen LogP contribution in [0.25, 0.3) is 6.08 Å². The summed E-state index contributed by atoms with van der Waals surface area (Å²) in [6.45, 7) is 2.04. The first-order chi connectivity index (χ1) is 9.08. The molecule has 6 heteroatoms. The van der Waals surface area contributed by atoms with Gasteiger partial charge in [-0.15, -0.1) is 0 Å². The Morgan fingerprint density at radius 1 is 1.47 bits per heavy atom. The maximum atomic E-state index is 11.4. The van der Waals surface area contributed by atoms with Crippen molar-refractivity contribution in [3.63, 3.8) is 0 Å². The van der Waals surface area contributed by atoms with Crippen LogP contribution in [0.2, 0.25) is 0 Å². The molecule has 0 aliphatic heterocycles. The predicted octanol–water partition coefficient (Wildman–Crippen LogP) is 0.296. The number of furan rings is 1. The predicted molar refractivity (Wildman–Crippen MR) is 70.1 cm³/mol. The normalized spacial score (nSPS) is 12.3. The van der Waals surface area contributed by atoms with Crippen LogP contribution in [0.5, 0.6) is 0 Å². The van der Waals surface area contributed by atoms with E-state index >= 15 is 0 Å². The molecule has 0 saturated heterocycles. The minimum atomic E-state index is -0.574. The third kappa shape index (κ3) is 7.05. The van der Waals surface area contributed by atoms with Crippen LogP contribution in [0.15, 0.2) is 28.9 Å². The van der Waals surface area contributed by atoms with E-state index in [1.54, 1.807) is 25.1 Å². The monoisotopic (exact) mass is 266 g/mol. The van der Waals surface area contributed by atoms with Gasteiger partial charge in [-0.25, -0.2) is 0 Å². The maximum absolute atomic E-state index is 11.4. The van der Waals surface area contributed by atoms with E-state index in [9.17, 15) is 9.59 Å². The van der Waals surface area contributed by atoms with Gasteiger partial charge < -0.3 is 20.2 Å². The van der Waals surface area contributed by atoms with E-state index in [0.29, 0.717) is 5.76 Å². The minimum Gasteiger partial charge on any atom is -0.465 e. The second-order valence-corrected chi connectivity index (χ2v) is 4.04. The SMILES string of the molecule is CC(O)CNC(=O)CCNC(=O)/C=C/c1ccco1. The van der Waals surface area contributed by atoms with Crippen LogP contribution in [-0.2, 0) is 9.59 Å². The molecule has 0 bridgehead atoms. The topological polar surface area (TPSA) is 91.6 Å². The Bertz CT molecular complexity index is 424. The molecule has 6 nitrogen and oxygen atoms in total. The molecular formula is C13H18N2O4. The van der Waals surface area contributed by atoms with Gasteiger partial charge in [-0.2, -0.15) is 0 Å². The van der Waals surface area contributed by atoms with E-state index < -0.39 is 6.10 Å². The molecule has 19 heavy (non-hydrogen) atoms. The van der Waals surface area contributed by atoms with E-state index in [2.05, 4.69) is 10.6 Å². The number of rotatable bonds is 7. The molecule has 104 valence electrons. The van der Waals surface area contributed by atoms with Crippen molar-refractivity contribution in [3.05, 3.63) is 30.2 Å². The molecule has 1 unspecified atom stereocenters. The lowest BCUT2D eigenvalue weighted by molar-refractivity contribution is -0.121. The van der Waals surface area contributed by atoms with Gasteiger partial charge in [0.25, 0.3) is 0 Å². The van der Waals surface area contributed by atoms with Crippen molar-refractivity contribution in [2.75, 3.05) is 13.1 Å². The molecule has 0 fully saturated rings. The molecular weight excluding hydrogens is 248 g/mol. The number of hydrogen-bond acceptors (Lipinski definition) is 4. The fourth-order valence-corrected chi connectivity index (χ4v) is 1.25.